The van der Waals surface area contributed by atoms with Crippen LogP contribution in [0.1, 0.15) is 22.3 Å². The van der Waals surface area contributed by atoms with Crippen molar-refractivity contribution in [1.82, 2.24) is 0 Å². The van der Waals surface area contributed by atoms with E-state index in [1.165, 1.54) is 103 Å². The Kier molecular flexibility index (Phi) is 8.06. The van der Waals surface area contributed by atoms with Crippen LogP contribution in [0.2, 0.25) is 0 Å². The highest BCUT2D eigenvalue weighted by atomic mass is 32.1. The second kappa shape index (κ2) is 14.1. The van der Waals surface area contributed by atoms with Crippen LogP contribution in [0.25, 0.3) is 74.7 Å². The molecule has 1 aromatic heterocycles. The Morgan fingerprint density at radius 1 is 0.317 bits per heavy atom. The van der Waals surface area contributed by atoms with Gasteiger partial charge < -0.3 is 4.90 Å². The van der Waals surface area contributed by atoms with E-state index in [1.807, 2.05) is 11.3 Å². The first-order chi connectivity index (χ1) is 31.3. The maximum Gasteiger partial charge on any atom is 0.0714 e. The zero-order valence-electron chi connectivity index (χ0n) is 34.4. The van der Waals surface area contributed by atoms with Crippen LogP contribution in [0.4, 0.5) is 17.1 Å². The van der Waals surface area contributed by atoms with E-state index in [1.54, 1.807) is 0 Å². The third kappa shape index (κ3) is 5.29. The standard InChI is InChI=1S/C61H39NS/c1-3-18-41(19-4-1)61(42-20-5-2-6-21-42)55-30-14-11-27-50(55)51-37-35-43(39-56(51)61)62(58-32-17-29-53-52-28-13-16-33-59(52)63-60(53)58)57-31-15-12-22-44(57)40-34-36-49-47-25-8-7-23-45(47)46-24-9-10-26-48(46)54(49)38-40/h1-39H. The summed E-state index contributed by atoms with van der Waals surface area (Å²) in [7, 11) is 0. The average Bonchev–Trinajstić information content (AvgIpc) is 3.89. The van der Waals surface area contributed by atoms with Gasteiger partial charge in [0, 0.05) is 26.7 Å². The molecule has 13 rings (SSSR count). The minimum atomic E-state index is -0.526. The van der Waals surface area contributed by atoms with Crippen molar-refractivity contribution in [3.05, 3.63) is 259 Å². The van der Waals surface area contributed by atoms with Crippen LogP contribution in [0.15, 0.2) is 237 Å². The molecule has 11 aromatic carbocycles. The van der Waals surface area contributed by atoms with Crippen molar-refractivity contribution in [1.29, 1.82) is 0 Å². The molecule has 0 saturated heterocycles. The Bertz CT molecular complexity index is 3680. The van der Waals surface area contributed by atoms with Crippen LogP contribution in [-0.2, 0) is 5.41 Å². The van der Waals surface area contributed by atoms with Crippen LogP contribution in [0, 0.1) is 0 Å². The van der Waals surface area contributed by atoms with Gasteiger partial charge in [-0.3, -0.25) is 0 Å². The van der Waals surface area contributed by atoms with E-state index in [0.717, 1.165) is 11.4 Å². The molecule has 0 saturated carbocycles. The lowest BCUT2D eigenvalue weighted by Crippen LogP contribution is -2.28. The van der Waals surface area contributed by atoms with Gasteiger partial charge in [0.15, 0.2) is 0 Å². The summed E-state index contributed by atoms with van der Waals surface area (Å²) in [6.07, 6.45) is 0. The zero-order chi connectivity index (χ0) is 41.5. The Hall–Kier alpha value is -7.78. The van der Waals surface area contributed by atoms with Crippen molar-refractivity contribution in [2.75, 3.05) is 4.90 Å². The maximum atomic E-state index is 2.54. The van der Waals surface area contributed by atoms with Gasteiger partial charge >= 0.3 is 0 Å². The smallest absolute Gasteiger partial charge is 0.0714 e. The van der Waals surface area contributed by atoms with E-state index < -0.39 is 5.41 Å². The SMILES string of the molecule is c1ccc(C2(c3ccccc3)c3ccccc3-c3ccc(N(c4ccccc4-c4ccc5c6ccccc6c6ccccc6c5c4)c4cccc5c4sc4ccccc45)cc32)cc1. The molecule has 1 nitrogen and oxygen atoms in total. The van der Waals surface area contributed by atoms with Crippen LogP contribution < -0.4 is 4.90 Å². The quantitative estimate of drug-likeness (QED) is 0.151. The number of nitrogens with zero attached hydrogens (tertiary/aromatic N) is 1. The van der Waals surface area contributed by atoms with Gasteiger partial charge in [0.1, 0.15) is 0 Å². The average molecular weight is 818 g/mol. The lowest BCUT2D eigenvalue weighted by atomic mass is 9.67. The first kappa shape index (κ1) is 35.9. The normalized spacial score (nSPS) is 12.9. The minimum Gasteiger partial charge on any atom is -0.308 e. The molecule has 1 aliphatic rings. The van der Waals surface area contributed by atoms with Crippen LogP contribution in [0.5, 0.6) is 0 Å². The number of fused-ring (bicyclic) bond motifs is 12. The highest BCUT2D eigenvalue weighted by Crippen LogP contribution is 2.58. The number of thiophene rings is 1. The molecule has 0 atom stereocenters. The molecule has 0 spiro atoms. The van der Waals surface area contributed by atoms with Gasteiger partial charge in [-0.15, -0.1) is 11.3 Å². The lowest BCUT2D eigenvalue weighted by Gasteiger charge is -2.35. The predicted molar refractivity (Wildman–Crippen MR) is 269 cm³/mol. The first-order valence-electron chi connectivity index (χ1n) is 21.8. The first-order valence-corrected chi connectivity index (χ1v) is 22.6. The molecule has 1 aliphatic carbocycles. The topological polar surface area (TPSA) is 3.24 Å². The van der Waals surface area contributed by atoms with Crippen molar-refractivity contribution >= 4 is 80.9 Å². The molecule has 0 fully saturated rings. The van der Waals surface area contributed by atoms with Crippen molar-refractivity contribution < 1.29 is 0 Å². The molecule has 0 aliphatic heterocycles. The molecule has 0 amide bonds. The number of para-hydroxylation sites is 1. The number of hydrogen-bond acceptors (Lipinski definition) is 2. The van der Waals surface area contributed by atoms with Crippen LogP contribution >= 0.6 is 11.3 Å². The Balaban J connectivity index is 1.11. The minimum absolute atomic E-state index is 0.526. The van der Waals surface area contributed by atoms with E-state index in [9.17, 15) is 0 Å². The fourth-order valence-corrected chi connectivity index (χ4v) is 12.1. The summed E-state index contributed by atoms with van der Waals surface area (Å²) in [5.41, 5.74) is 12.9. The van der Waals surface area contributed by atoms with E-state index in [2.05, 4.69) is 241 Å². The highest BCUT2D eigenvalue weighted by Gasteiger charge is 2.46. The summed E-state index contributed by atoms with van der Waals surface area (Å²) in [5, 5.41) is 10.2. The second-order valence-corrected chi connectivity index (χ2v) is 17.8. The van der Waals surface area contributed by atoms with E-state index in [4.69, 9.17) is 0 Å². The number of rotatable bonds is 6. The van der Waals surface area contributed by atoms with Crippen molar-refractivity contribution in [3.8, 4) is 22.3 Å². The zero-order valence-corrected chi connectivity index (χ0v) is 35.2. The van der Waals surface area contributed by atoms with E-state index in [-0.39, 0.29) is 0 Å². The Labute approximate surface area is 370 Å². The van der Waals surface area contributed by atoms with Crippen molar-refractivity contribution in [2.45, 2.75) is 5.41 Å². The van der Waals surface area contributed by atoms with Crippen LogP contribution in [0.3, 0.4) is 0 Å². The summed E-state index contributed by atoms with van der Waals surface area (Å²) in [6.45, 7) is 0. The largest absolute Gasteiger partial charge is 0.308 e. The monoisotopic (exact) mass is 817 g/mol. The summed E-state index contributed by atoms with van der Waals surface area (Å²) >= 11 is 1.88. The van der Waals surface area contributed by atoms with Gasteiger partial charge in [0.25, 0.3) is 0 Å². The van der Waals surface area contributed by atoms with Crippen molar-refractivity contribution in [3.63, 3.8) is 0 Å². The molecule has 0 bridgehead atoms. The van der Waals surface area contributed by atoms with Gasteiger partial charge in [-0.2, -0.15) is 0 Å². The van der Waals surface area contributed by atoms with E-state index in [0.29, 0.717) is 0 Å². The molecular formula is C61H39NS. The highest BCUT2D eigenvalue weighted by molar-refractivity contribution is 7.26. The number of hydrogen-bond donors (Lipinski definition) is 0. The Morgan fingerprint density at radius 2 is 0.841 bits per heavy atom. The third-order valence-electron chi connectivity index (χ3n) is 13.5. The summed E-state index contributed by atoms with van der Waals surface area (Å²) in [4.78, 5) is 2.54. The Morgan fingerprint density at radius 3 is 1.56 bits per heavy atom. The summed E-state index contributed by atoms with van der Waals surface area (Å²) in [6, 6.07) is 88.0. The van der Waals surface area contributed by atoms with Gasteiger partial charge in [-0.05, 0) is 108 Å². The van der Waals surface area contributed by atoms with Gasteiger partial charge in [-0.25, -0.2) is 0 Å². The number of anilines is 3. The van der Waals surface area contributed by atoms with Gasteiger partial charge in [0.05, 0.1) is 21.5 Å². The van der Waals surface area contributed by atoms with Gasteiger partial charge in [0.2, 0.25) is 0 Å². The van der Waals surface area contributed by atoms with Crippen molar-refractivity contribution in [2.24, 2.45) is 0 Å². The molecule has 2 heteroatoms. The molecule has 63 heavy (non-hydrogen) atoms. The van der Waals surface area contributed by atoms with Crippen LogP contribution in [-0.4, -0.2) is 0 Å². The summed E-state index contributed by atoms with van der Waals surface area (Å²) < 4.78 is 2.56. The summed E-state index contributed by atoms with van der Waals surface area (Å²) in [5.74, 6) is 0. The molecule has 294 valence electrons. The molecule has 12 aromatic rings. The predicted octanol–water partition coefficient (Wildman–Crippen LogP) is 17.0. The fraction of sp³-hybridized carbons (Fsp3) is 0.0164. The number of benzene rings is 11. The maximum absolute atomic E-state index is 2.54. The second-order valence-electron chi connectivity index (χ2n) is 16.7. The third-order valence-corrected chi connectivity index (χ3v) is 14.7. The molecule has 1 heterocycles. The molecule has 0 unspecified atom stereocenters. The molecule has 0 radical (unpaired) electrons. The van der Waals surface area contributed by atoms with Gasteiger partial charge in [-0.1, -0.05) is 200 Å². The fourth-order valence-electron chi connectivity index (χ4n) is 10.9. The molecule has 0 N–H and O–H groups in total. The molecular weight excluding hydrogens is 779 g/mol. The lowest BCUT2D eigenvalue weighted by molar-refractivity contribution is 0.768. The van der Waals surface area contributed by atoms with E-state index >= 15 is 0 Å².